The van der Waals surface area contributed by atoms with Crippen molar-refractivity contribution < 1.29 is 9.59 Å². The minimum absolute atomic E-state index is 0.380. The van der Waals surface area contributed by atoms with E-state index in [1.54, 1.807) is 9.80 Å². The van der Waals surface area contributed by atoms with Crippen molar-refractivity contribution >= 4 is 34.4 Å². The maximum Gasteiger partial charge on any atom is 0.312 e. The smallest absolute Gasteiger partial charge is 0.312 e. The normalized spacial score (nSPS) is 16.3. The number of likely N-dealkylation sites (N-methyl/N-ethyl adjacent to an activating group) is 1. The number of carbonyl (C=O) groups is 2. The summed E-state index contributed by atoms with van der Waals surface area (Å²) in [5.74, 6) is -0.768. The van der Waals surface area contributed by atoms with Crippen LogP contribution in [-0.2, 0) is 16.1 Å². The van der Waals surface area contributed by atoms with E-state index >= 15 is 0 Å². The Labute approximate surface area is 120 Å². The van der Waals surface area contributed by atoms with Gasteiger partial charge < -0.3 is 9.80 Å². The molecule has 0 aliphatic carbocycles. The highest BCUT2D eigenvalue weighted by Crippen LogP contribution is 2.12. The molecule has 0 bridgehead atoms. The fourth-order valence-corrected chi connectivity index (χ4v) is 2.34. The molecule has 0 saturated carbocycles. The lowest BCUT2D eigenvalue weighted by Gasteiger charge is -2.33. The molecule has 0 aromatic heterocycles. The molecule has 1 saturated heterocycles. The average Bonchev–Trinajstić information content (AvgIpc) is 2.38. The van der Waals surface area contributed by atoms with Gasteiger partial charge in [-0.15, -0.1) is 0 Å². The zero-order valence-corrected chi connectivity index (χ0v) is 12.4. The molecule has 96 valence electrons. The Bertz CT molecular complexity index is 459. The van der Waals surface area contributed by atoms with Gasteiger partial charge >= 0.3 is 11.8 Å². The van der Waals surface area contributed by atoms with Crippen molar-refractivity contribution in [1.82, 2.24) is 9.80 Å². The van der Waals surface area contributed by atoms with Crippen LogP contribution in [0.15, 0.2) is 24.3 Å². The van der Waals surface area contributed by atoms with Gasteiger partial charge in [-0.3, -0.25) is 9.59 Å². The van der Waals surface area contributed by atoms with Crippen LogP contribution in [0.5, 0.6) is 0 Å². The van der Waals surface area contributed by atoms with E-state index in [0.29, 0.717) is 26.2 Å². The molecule has 18 heavy (non-hydrogen) atoms. The van der Waals surface area contributed by atoms with Gasteiger partial charge in [0.05, 0.1) is 0 Å². The van der Waals surface area contributed by atoms with E-state index in [-0.39, 0.29) is 11.8 Å². The monoisotopic (exact) mass is 358 g/mol. The second-order valence-electron chi connectivity index (χ2n) is 4.24. The Morgan fingerprint density at radius 1 is 1.06 bits per heavy atom. The molecule has 1 aromatic rings. The van der Waals surface area contributed by atoms with Gasteiger partial charge in [0.15, 0.2) is 0 Å². The van der Waals surface area contributed by atoms with Gasteiger partial charge in [0.1, 0.15) is 0 Å². The maximum absolute atomic E-state index is 11.9. The van der Waals surface area contributed by atoms with E-state index in [1.807, 2.05) is 31.2 Å². The second-order valence-corrected chi connectivity index (χ2v) is 5.48. The van der Waals surface area contributed by atoms with E-state index in [2.05, 4.69) is 22.6 Å². The zero-order chi connectivity index (χ0) is 13.1. The Kier molecular flexibility index (Phi) is 4.21. The van der Waals surface area contributed by atoms with Crippen LogP contribution in [-0.4, -0.2) is 41.2 Å². The molecule has 1 aromatic carbocycles. The third-order valence-electron chi connectivity index (χ3n) is 3.07. The number of rotatable bonds is 3. The van der Waals surface area contributed by atoms with Crippen molar-refractivity contribution in [2.45, 2.75) is 13.5 Å². The van der Waals surface area contributed by atoms with Crippen LogP contribution in [0.1, 0.15) is 12.5 Å². The third kappa shape index (κ3) is 2.82. The molecule has 2 amide bonds. The maximum atomic E-state index is 11.9. The van der Waals surface area contributed by atoms with Gasteiger partial charge in [0.25, 0.3) is 0 Å². The molecular formula is C13H15IN2O2. The van der Waals surface area contributed by atoms with Crippen LogP contribution < -0.4 is 0 Å². The summed E-state index contributed by atoms with van der Waals surface area (Å²) in [6.07, 6.45) is 0. The van der Waals surface area contributed by atoms with E-state index in [1.165, 1.54) is 0 Å². The molecule has 0 N–H and O–H groups in total. The van der Waals surface area contributed by atoms with Gasteiger partial charge in [0.2, 0.25) is 0 Å². The summed E-state index contributed by atoms with van der Waals surface area (Å²) >= 11 is 2.24. The van der Waals surface area contributed by atoms with Crippen LogP contribution in [0.4, 0.5) is 0 Å². The Balaban J connectivity index is 2.04. The summed E-state index contributed by atoms with van der Waals surface area (Å²) < 4.78 is 1.16. The van der Waals surface area contributed by atoms with E-state index in [4.69, 9.17) is 0 Å². The van der Waals surface area contributed by atoms with Crippen LogP contribution in [0, 0.1) is 3.57 Å². The fraction of sp³-hybridized carbons (Fsp3) is 0.385. The van der Waals surface area contributed by atoms with Gasteiger partial charge in [-0.25, -0.2) is 0 Å². The average molecular weight is 358 g/mol. The highest BCUT2D eigenvalue weighted by Gasteiger charge is 2.31. The zero-order valence-electron chi connectivity index (χ0n) is 10.2. The van der Waals surface area contributed by atoms with Crippen molar-refractivity contribution in [3.05, 3.63) is 33.4 Å². The summed E-state index contributed by atoms with van der Waals surface area (Å²) in [6.45, 7) is 4.25. The molecule has 0 radical (unpaired) electrons. The van der Waals surface area contributed by atoms with Crippen molar-refractivity contribution in [3.63, 3.8) is 0 Å². The molecular weight excluding hydrogens is 343 g/mol. The molecule has 0 atom stereocenters. The number of benzene rings is 1. The Hall–Kier alpha value is -1.11. The van der Waals surface area contributed by atoms with Crippen molar-refractivity contribution in [2.75, 3.05) is 19.6 Å². The molecule has 1 fully saturated rings. The quantitative estimate of drug-likeness (QED) is 0.607. The van der Waals surface area contributed by atoms with Crippen molar-refractivity contribution in [2.24, 2.45) is 0 Å². The minimum Gasteiger partial charge on any atom is -0.333 e. The number of nitrogens with zero attached hydrogens (tertiary/aromatic N) is 2. The summed E-state index contributed by atoms with van der Waals surface area (Å²) in [5, 5.41) is 0. The summed E-state index contributed by atoms with van der Waals surface area (Å²) in [5.41, 5.74) is 1.06. The first kappa shape index (κ1) is 13.3. The van der Waals surface area contributed by atoms with Gasteiger partial charge in [-0.2, -0.15) is 0 Å². The standard InChI is InChI=1S/C13H15IN2O2/c1-2-15-7-8-16(13(18)12(15)17)9-10-3-5-11(14)6-4-10/h3-6H,2,7-9H2,1H3. The van der Waals surface area contributed by atoms with Crippen LogP contribution in [0.3, 0.4) is 0 Å². The molecule has 4 nitrogen and oxygen atoms in total. The number of halogens is 1. The Morgan fingerprint density at radius 2 is 1.61 bits per heavy atom. The highest BCUT2D eigenvalue weighted by molar-refractivity contribution is 14.1. The minimum atomic E-state index is -0.387. The summed E-state index contributed by atoms with van der Waals surface area (Å²) in [7, 11) is 0. The topological polar surface area (TPSA) is 40.6 Å². The molecule has 0 spiro atoms. The first-order valence-corrected chi connectivity index (χ1v) is 7.02. The molecule has 1 heterocycles. The van der Waals surface area contributed by atoms with Gasteiger partial charge in [0, 0.05) is 29.7 Å². The summed E-state index contributed by atoms with van der Waals surface area (Å²) in [4.78, 5) is 26.9. The summed E-state index contributed by atoms with van der Waals surface area (Å²) in [6, 6.07) is 7.99. The van der Waals surface area contributed by atoms with E-state index in [0.717, 1.165) is 9.13 Å². The van der Waals surface area contributed by atoms with Gasteiger partial charge in [-0.1, -0.05) is 12.1 Å². The highest BCUT2D eigenvalue weighted by atomic mass is 127. The SMILES string of the molecule is CCN1CCN(Cc2ccc(I)cc2)C(=O)C1=O. The first-order chi connectivity index (χ1) is 8.61. The van der Waals surface area contributed by atoms with Crippen molar-refractivity contribution in [3.8, 4) is 0 Å². The largest absolute Gasteiger partial charge is 0.333 e. The third-order valence-corrected chi connectivity index (χ3v) is 3.78. The predicted molar refractivity (Wildman–Crippen MR) is 76.8 cm³/mol. The lowest BCUT2D eigenvalue weighted by atomic mass is 10.2. The number of amides is 2. The van der Waals surface area contributed by atoms with Crippen LogP contribution >= 0.6 is 22.6 Å². The van der Waals surface area contributed by atoms with E-state index in [9.17, 15) is 9.59 Å². The molecule has 0 unspecified atom stereocenters. The lowest BCUT2D eigenvalue weighted by Crippen LogP contribution is -2.53. The number of hydrogen-bond acceptors (Lipinski definition) is 2. The Morgan fingerprint density at radius 3 is 2.22 bits per heavy atom. The molecule has 1 aliphatic heterocycles. The van der Waals surface area contributed by atoms with Crippen LogP contribution in [0.25, 0.3) is 0 Å². The van der Waals surface area contributed by atoms with E-state index < -0.39 is 0 Å². The lowest BCUT2D eigenvalue weighted by molar-refractivity contribution is -0.156. The molecule has 1 aliphatic rings. The predicted octanol–water partition coefficient (Wildman–Crippen LogP) is 1.48. The second kappa shape index (κ2) is 5.69. The number of carbonyl (C=O) groups excluding carboxylic acids is 2. The first-order valence-electron chi connectivity index (χ1n) is 5.94. The fourth-order valence-electron chi connectivity index (χ4n) is 1.98. The molecule has 2 rings (SSSR count). The van der Waals surface area contributed by atoms with Crippen molar-refractivity contribution in [1.29, 1.82) is 0 Å². The number of hydrogen-bond donors (Lipinski definition) is 0. The number of piperazine rings is 1. The molecule has 5 heteroatoms. The van der Waals surface area contributed by atoms with Gasteiger partial charge in [-0.05, 0) is 47.2 Å². The van der Waals surface area contributed by atoms with Crippen LogP contribution in [0.2, 0.25) is 0 Å².